The van der Waals surface area contributed by atoms with Gasteiger partial charge < -0.3 is 9.47 Å². The van der Waals surface area contributed by atoms with Crippen LogP contribution in [-0.4, -0.2) is 11.8 Å². The van der Waals surface area contributed by atoms with Crippen molar-refractivity contribution in [1.29, 1.82) is 0 Å². The summed E-state index contributed by atoms with van der Waals surface area (Å²) in [6.45, 7) is 9.29. The lowest BCUT2D eigenvalue weighted by atomic mass is 10.1. The van der Waals surface area contributed by atoms with E-state index in [2.05, 4.69) is 6.58 Å². The standard InChI is InChI=1S/C14H18O3/c1-5-11-8-7-9-12(10-11)16-13(15)17-14(3,4)6-2/h5,7-10H,1,6H2,2-4H3. The lowest BCUT2D eigenvalue weighted by Gasteiger charge is -2.22. The number of ether oxygens (including phenoxy) is 2. The molecule has 0 heterocycles. The van der Waals surface area contributed by atoms with Gasteiger partial charge in [-0.3, -0.25) is 0 Å². The summed E-state index contributed by atoms with van der Waals surface area (Å²) >= 11 is 0. The molecule has 0 radical (unpaired) electrons. The number of hydrogen-bond acceptors (Lipinski definition) is 3. The Hall–Kier alpha value is -1.77. The van der Waals surface area contributed by atoms with Crippen LogP contribution in [0.15, 0.2) is 30.8 Å². The van der Waals surface area contributed by atoms with Crippen LogP contribution >= 0.6 is 0 Å². The normalized spacial score (nSPS) is 10.8. The maximum atomic E-state index is 11.5. The van der Waals surface area contributed by atoms with Crippen LogP contribution in [0, 0.1) is 0 Å². The molecular formula is C14H18O3. The van der Waals surface area contributed by atoms with Gasteiger partial charge in [0.15, 0.2) is 0 Å². The Balaban J connectivity index is 2.65. The van der Waals surface area contributed by atoms with Crippen molar-refractivity contribution < 1.29 is 14.3 Å². The van der Waals surface area contributed by atoms with Crippen LogP contribution in [0.2, 0.25) is 0 Å². The van der Waals surface area contributed by atoms with Crippen LogP contribution in [0.3, 0.4) is 0 Å². The van der Waals surface area contributed by atoms with Gasteiger partial charge in [0.1, 0.15) is 11.4 Å². The second-order valence-electron chi connectivity index (χ2n) is 4.34. The van der Waals surface area contributed by atoms with Crippen LogP contribution in [0.1, 0.15) is 32.8 Å². The van der Waals surface area contributed by atoms with Crippen molar-refractivity contribution in [3.8, 4) is 5.75 Å². The molecule has 1 rings (SSSR count). The summed E-state index contributed by atoms with van der Waals surface area (Å²) in [5.41, 5.74) is 0.387. The molecule has 0 aromatic heterocycles. The third kappa shape index (κ3) is 4.31. The first-order chi connectivity index (χ1) is 7.96. The van der Waals surface area contributed by atoms with Gasteiger partial charge in [-0.2, -0.15) is 0 Å². The number of hydrogen-bond donors (Lipinski definition) is 0. The van der Waals surface area contributed by atoms with Crippen molar-refractivity contribution in [2.45, 2.75) is 32.8 Å². The molecule has 0 aliphatic carbocycles. The fourth-order valence-corrected chi connectivity index (χ4v) is 1.12. The monoisotopic (exact) mass is 234 g/mol. The predicted molar refractivity (Wildman–Crippen MR) is 68.0 cm³/mol. The molecule has 0 aliphatic heterocycles. The molecule has 0 unspecified atom stereocenters. The van der Waals surface area contributed by atoms with E-state index in [1.54, 1.807) is 24.3 Å². The summed E-state index contributed by atoms with van der Waals surface area (Å²) < 4.78 is 10.3. The molecule has 0 N–H and O–H groups in total. The van der Waals surface area contributed by atoms with Crippen LogP contribution in [0.4, 0.5) is 4.79 Å². The molecule has 1 aromatic rings. The quantitative estimate of drug-likeness (QED) is 0.582. The minimum absolute atomic E-state index is 0.458. The van der Waals surface area contributed by atoms with Crippen LogP contribution < -0.4 is 4.74 Å². The van der Waals surface area contributed by atoms with Crippen LogP contribution in [0.5, 0.6) is 5.75 Å². The van der Waals surface area contributed by atoms with Crippen molar-refractivity contribution in [2.75, 3.05) is 0 Å². The summed E-state index contributed by atoms with van der Waals surface area (Å²) in [5, 5.41) is 0. The molecule has 0 fully saturated rings. The van der Waals surface area contributed by atoms with E-state index in [0.717, 1.165) is 12.0 Å². The number of carbonyl (C=O) groups is 1. The second-order valence-corrected chi connectivity index (χ2v) is 4.34. The van der Waals surface area contributed by atoms with Crippen molar-refractivity contribution in [3.05, 3.63) is 36.4 Å². The molecular weight excluding hydrogens is 216 g/mol. The molecule has 1 aromatic carbocycles. The van der Waals surface area contributed by atoms with E-state index >= 15 is 0 Å². The fourth-order valence-electron chi connectivity index (χ4n) is 1.12. The minimum Gasteiger partial charge on any atom is -0.428 e. The van der Waals surface area contributed by atoms with Crippen molar-refractivity contribution in [3.63, 3.8) is 0 Å². The smallest absolute Gasteiger partial charge is 0.428 e. The van der Waals surface area contributed by atoms with E-state index in [1.165, 1.54) is 0 Å². The Morgan fingerprint density at radius 3 is 2.76 bits per heavy atom. The largest absolute Gasteiger partial charge is 0.514 e. The van der Waals surface area contributed by atoms with Crippen molar-refractivity contribution in [2.24, 2.45) is 0 Å². The average molecular weight is 234 g/mol. The van der Waals surface area contributed by atoms with Gasteiger partial charge in [0.25, 0.3) is 0 Å². The highest BCUT2D eigenvalue weighted by atomic mass is 16.7. The van der Waals surface area contributed by atoms with Gasteiger partial charge in [0.2, 0.25) is 0 Å². The third-order valence-electron chi connectivity index (χ3n) is 2.51. The van der Waals surface area contributed by atoms with Gasteiger partial charge >= 0.3 is 6.16 Å². The predicted octanol–water partition coefficient (Wildman–Crippen LogP) is 4.03. The van der Waals surface area contributed by atoms with Gasteiger partial charge in [-0.1, -0.05) is 31.7 Å². The van der Waals surface area contributed by atoms with E-state index in [0.29, 0.717) is 5.75 Å². The molecule has 0 spiro atoms. The molecule has 17 heavy (non-hydrogen) atoms. The first-order valence-electron chi connectivity index (χ1n) is 5.60. The number of rotatable bonds is 4. The number of carbonyl (C=O) groups excluding carboxylic acids is 1. The molecule has 0 saturated carbocycles. The lowest BCUT2D eigenvalue weighted by Crippen LogP contribution is -2.28. The molecule has 3 heteroatoms. The molecule has 0 atom stereocenters. The SMILES string of the molecule is C=Cc1cccc(OC(=O)OC(C)(C)CC)c1. The van der Waals surface area contributed by atoms with E-state index in [1.807, 2.05) is 26.8 Å². The van der Waals surface area contributed by atoms with Gasteiger partial charge in [-0.05, 0) is 38.0 Å². The Labute approximate surface area is 102 Å². The zero-order valence-electron chi connectivity index (χ0n) is 10.5. The first-order valence-corrected chi connectivity index (χ1v) is 5.60. The Morgan fingerprint density at radius 1 is 1.47 bits per heavy atom. The zero-order chi connectivity index (χ0) is 12.9. The van der Waals surface area contributed by atoms with Gasteiger partial charge in [0.05, 0.1) is 0 Å². The molecule has 0 amide bonds. The van der Waals surface area contributed by atoms with Gasteiger partial charge in [-0.25, -0.2) is 4.79 Å². The average Bonchev–Trinajstić information content (AvgIpc) is 2.28. The summed E-state index contributed by atoms with van der Waals surface area (Å²) in [5.74, 6) is 0.458. The number of benzene rings is 1. The van der Waals surface area contributed by atoms with Gasteiger partial charge in [-0.15, -0.1) is 0 Å². The summed E-state index contributed by atoms with van der Waals surface area (Å²) in [4.78, 5) is 11.5. The highest BCUT2D eigenvalue weighted by Gasteiger charge is 2.21. The van der Waals surface area contributed by atoms with Crippen molar-refractivity contribution >= 4 is 12.2 Å². The lowest BCUT2D eigenvalue weighted by molar-refractivity contribution is 0.00707. The van der Waals surface area contributed by atoms with E-state index in [-0.39, 0.29) is 0 Å². The fraction of sp³-hybridized carbons (Fsp3) is 0.357. The Bertz CT molecular complexity index is 408. The third-order valence-corrected chi connectivity index (χ3v) is 2.51. The second kappa shape index (κ2) is 5.53. The topological polar surface area (TPSA) is 35.5 Å². The zero-order valence-corrected chi connectivity index (χ0v) is 10.5. The first kappa shape index (κ1) is 13.3. The summed E-state index contributed by atoms with van der Waals surface area (Å²) in [6, 6.07) is 7.10. The van der Waals surface area contributed by atoms with E-state index < -0.39 is 11.8 Å². The maximum absolute atomic E-state index is 11.5. The molecule has 0 bridgehead atoms. The van der Waals surface area contributed by atoms with E-state index in [9.17, 15) is 4.79 Å². The molecule has 92 valence electrons. The van der Waals surface area contributed by atoms with Crippen LogP contribution in [0.25, 0.3) is 6.08 Å². The summed E-state index contributed by atoms with van der Waals surface area (Å²) in [7, 11) is 0. The highest BCUT2D eigenvalue weighted by Crippen LogP contribution is 2.18. The van der Waals surface area contributed by atoms with Gasteiger partial charge in [0, 0.05) is 0 Å². The Kier molecular flexibility index (Phi) is 4.32. The summed E-state index contributed by atoms with van der Waals surface area (Å²) in [6.07, 6.45) is 1.74. The molecule has 3 nitrogen and oxygen atoms in total. The highest BCUT2D eigenvalue weighted by molar-refractivity contribution is 5.65. The van der Waals surface area contributed by atoms with E-state index in [4.69, 9.17) is 9.47 Å². The molecule has 0 saturated heterocycles. The maximum Gasteiger partial charge on any atom is 0.514 e. The van der Waals surface area contributed by atoms with Crippen molar-refractivity contribution in [1.82, 2.24) is 0 Å². The van der Waals surface area contributed by atoms with Crippen LogP contribution in [-0.2, 0) is 4.74 Å². The molecule has 0 aliphatic rings. The Morgan fingerprint density at radius 2 is 2.18 bits per heavy atom. The minimum atomic E-state index is -0.682.